The molecule has 2 aliphatic heterocycles. The van der Waals surface area contributed by atoms with E-state index in [-0.39, 0.29) is 18.2 Å². The number of halogens is 2. The Morgan fingerprint density at radius 3 is 2.05 bits per heavy atom. The van der Waals surface area contributed by atoms with Crippen LogP contribution in [0.4, 0.5) is 4.39 Å². The molecule has 3 aromatic rings. The van der Waals surface area contributed by atoms with Gasteiger partial charge in [0.2, 0.25) is 0 Å². The minimum atomic E-state index is -0.132. The van der Waals surface area contributed by atoms with Gasteiger partial charge in [0.25, 0.3) is 0 Å². The van der Waals surface area contributed by atoms with Gasteiger partial charge < -0.3 is 14.7 Å². The molecule has 0 spiro atoms. The van der Waals surface area contributed by atoms with Crippen LogP contribution in [0.5, 0.6) is 0 Å². The predicted molar refractivity (Wildman–Crippen MR) is 169 cm³/mol. The van der Waals surface area contributed by atoms with Crippen molar-refractivity contribution < 1.29 is 4.39 Å². The van der Waals surface area contributed by atoms with Gasteiger partial charge in [-0.05, 0) is 105 Å². The van der Waals surface area contributed by atoms with Crippen LogP contribution in [0.3, 0.4) is 0 Å². The molecule has 2 saturated heterocycles. The van der Waals surface area contributed by atoms with Crippen molar-refractivity contribution in [2.24, 2.45) is 5.92 Å². The van der Waals surface area contributed by atoms with Gasteiger partial charge in [0.05, 0.1) is 0 Å². The van der Waals surface area contributed by atoms with E-state index in [1.54, 1.807) is 12.1 Å². The Bertz CT molecular complexity index is 1140. The van der Waals surface area contributed by atoms with Crippen molar-refractivity contribution in [1.82, 2.24) is 14.7 Å². The third-order valence-corrected chi connectivity index (χ3v) is 9.11. The van der Waals surface area contributed by atoms with Crippen LogP contribution in [-0.4, -0.2) is 73.1 Å². The third-order valence-electron chi connectivity index (χ3n) is 9.11. The van der Waals surface area contributed by atoms with Crippen LogP contribution in [0.15, 0.2) is 78.9 Å². The van der Waals surface area contributed by atoms with Crippen LogP contribution in [-0.2, 0) is 6.42 Å². The highest BCUT2D eigenvalue weighted by molar-refractivity contribution is 5.85. The molecule has 3 nitrogen and oxygen atoms in total. The maximum absolute atomic E-state index is 13.7. The molecular weight excluding hydrogens is 517 g/mol. The maximum atomic E-state index is 13.7. The molecule has 1 atom stereocenters. The lowest BCUT2D eigenvalue weighted by Crippen LogP contribution is -2.49. The first kappa shape index (κ1) is 30.7. The van der Waals surface area contributed by atoms with Gasteiger partial charge in [-0.3, -0.25) is 0 Å². The lowest BCUT2D eigenvalue weighted by atomic mass is 9.79. The lowest BCUT2D eigenvalue weighted by molar-refractivity contribution is 0.0968. The van der Waals surface area contributed by atoms with Crippen LogP contribution in [0.1, 0.15) is 50.2 Å². The maximum Gasteiger partial charge on any atom is 0.123 e. The minimum Gasteiger partial charge on any atom is -0.301 e. The lowest BCUT2D eigenvalue weighted by Gasteiger charge is -2.41. The number of nitrogens with zero attached hydrogens (tertiary/aromatic N) is 3. The molecule has 216 valence electrons. The number of rotatable bonds is 10. The fourth-order valence-corrected chi connectivity index (χ4v) is 6.68. The summed E-state index contributed by atoms with van der Waals surface area (Å²) < 4.78 is 13.7. The Balaban J connectivity index is 0.00000370. The molecule has 3 aromatic carbocycles. The molecule has 5 heteroatoms. The molecule has 0 amide bonds. The zero-order valence-corrected chi connectivity index (χ0v) is 25.2. The second-order valence-corrected chi connectivity index (χ2v) is 11.9. The number of likely N-dealkylation sites (tertiary alicyclic amines) is 1. The number of hydrogen-bond acceptors (Lipinski definition) is 3. The Morgan fingerprint density at radius 1 is 0.750 bits per heavy atom. The van der Waals surface area contributed by atoms with Crippen molar-refractivity contribution in [2.45, 2.75) is 51.5 Å². The molecule has 2 fully saturated rings. The van der Waals surface area contributed by atoms with Crippen molar-refractivity contribution >= 4 is 12.4 Å². The average molecular weight is 564 g/mol. The van der Waals surface area contributed by atoms with Crippen molar-refractivity contribution in [1.29, 1.82) is 0 Å². The van der Waals surface area contributed by atoms with E-state index in [9.17, 15) is 4.39 Å². The first-order valence-electron chi connectivity index (χ1n) is 15.1. The molecular formula is C35H47ClFN3. The molecule has 1 unspecified atom stereocenters. The minimum absolute atomic E-state index is 0. The highest BCUT2D eigenvalue weighted by Crippen LogP contribution is 2.34. The second kappa shape index (κ2) is 15.1. The smallest absolute Gasteiger partial charge is 0.123 e. The van der Waals surface area contributed by atoms with Crippen LogP contribution >= 0.6 is 12.4 Å². The van der Waals surface area contributed by atoms with E-state index in [0.717, 1.165) is 45.7 Å². The summed E-state index contributed by atoms with van der Waals surface area (Å²) in [6.07, 6.45) is 4.79. The Hall–Kier alpha value is -2.24. The molecule has 0 aromatic heterocycles. The summed E-state index contributed by atoms with van der Waals surface area (Å²) in [6.45, 7) is 13.8. The molecule has 2 heterocycles. The van der Waals surface area contributed by atoms with Crippen molar-refractivity contribution in [3.63, 3.8) is 0 Å². The van der Waals surface area contributed by atoms with E-state index in [0.29, 0.717) is 17.9 Å². The molecule has 0 aliphatic carbocycles. The van der Waals surface area contributed by atoms with E-state index >= 15 is 0 Å². The Kier molecular flexibility index (Phi) is 11.6. The third kappa shape index (κ3) is 8.16. The van der Waals surface area contributed by atoms with Crippen molar-refractivity contribution in [3.05, 3.63) is 95.8 Å². The summed E-state index contributed by atoms with van der Waals surface area (Å²) in [5, 5.41) is 0. The quantitative estimate of drug-likeness (QED) is 0.255. The Labute approximate surface area is 247 Å². The largest absolute Gasteiger partial charge is 0.301 e. The molecule has 0 N–H and O–H groups in total. The number of piperidine rings is 1. The molecule has 0 radical (unpaired) electrons. The number of aryl methyl sites for hydroxylation is 1. The van der Waals surface area contributed by atoms with E-state index in [2.05, 4.69) is 83.1 Å². The van der Waals surface area contributed by atoms with Gasteiger partial charge in [-0.2, -0.15) is 0 Å². The van der Waals surface area contributed by atoms with Crippen molar-refractivity contribution in [3.8, 4) is 11.1 Å². The first-order chi connectivity index (χ1) is 19.1. The molecule has 5 rings (SSSR count). The zero-order valence-electron chi connectivity index (χ0n) is 24.4. The normalized spacial score (nSPS) is 18.5. The number of benzene rings is 3. The van der Waals surface area contributed by atoms with Crippen LogP contribution in [0, 0.1) is 11.7 Å². The van der Waals surface area contributed by atoms with Gasteiger partial charge in [-0.1, -0.05) is 66.7 Å². The fraction of sp³-hybridized carbons (Fsp3) is 0.486. The van der Waals surface area contributed by atoms with Crippen LogP contribution in [0.25, 0.3) is 11.1 Å². The first-order valence-corrected chi connectivity index (χ1v) is 15.1. The van der Waals surface area contributed by atoms with Gasteiger partial charge in [0, 0.05) is 38.8 Å². The van der Waals surface area contributed by atoms with E-state index in [4.69, 9.17) is 0 Å². The van der Waals surface area contributed by atoms with Gasteiger partial charge in [-0.15, -0.1) is 12.4 Å². The van der Waals surface area contributed by atoms with Gasteiger partial charge in [0.15, 0.2) is 0 Å². The number of hydrogen-bond donors (Lipinski definition) is 0. The average Bonchev–Trinajstić information content (AvgIpc) is 2.98. The summed E-state index contributed by atoms with van der Waals surface area (Å²) in [7, 11) is 0. The van der Waals surface area contributed by atoms with E-state index < -0.39 is 0 Å². The number of piperazine rings is 1. The van der Waals surface area contributed by atoms with Crippen LogP contribution < -0.4 is 0 Å². The molecule has 0 saturated carbocycles. The topological polar surface area (TPSA) is 9.72 Å². The summed E-state index contributed by atoms with van der Waals surface area (Å²) in [6, 6.07) is 27.6. The van der Waals surface area contributed by atoms with E-state index in [1.807, 2.05) is 12.1 Å². The SMILES string of the molecule is CC(C)N1CCC(C(CN2CCN(CCCc3ccccc3-c3ccccc3)CC2)c2ccc(F)cc2)CC1.Cl. The highest BCUT2D eigenvalue weighted by Gasteiger charge is 2.30. The summed E-state index contributed by atoms with van der Waals surface area (Å²) in [5.74, 6) is 1.03. The molecule has 0 bridgehead atoms. The molecule has 2 aliphatic rings. The zero-order chi connectivity index (χ0) is 27.0. The van der Waals surface area contributed by atoms with Crippen molar-refractivity contribution in [2.75, 3.05) is 52.4 Å². The van der Waals surface area contributed by atoms with Gasteiger partial charge >= 0.3 is 0 Å². The van der Waals surface area contributed by atoms with E-state index in [1.165, 1.54) is 54.6 Å². The van der Waals surface area contributed by atoms with Crippen LogP contribution in [0.2, 0.25) is 0 Å². The fourth-order valence-electron chi connectivity index (χ4n) is 6.68. The monoisotopic (exact) mass is 563 g/mol. The summed E-state index contributed by atoms with van der Waals surface area (Å²) in [4.78, 5) is 7.93. The van der Waals surface area contributed by atoms with Gasteiger partial charge in [-0.25, -0.2) is 4.39 Å². The Morgan fingerprint density at radius 2 is 1.38 bits per heavy atom. The second-order valence-electron chi connectivity index (χ2n) is 11.9. The predicted octanol–water partition coefficient (Wildman–Crippen LogP) is 7.37. The highest BCUT2D eigenvalue weighted by atomic mass is 35.5. The molecule has 40 heavy (non-hydrogen) atoms. The standard InChI is InChI=1S/C35H46FN3.ClH/c1-28(2)39-21-18-32(19-22-39)35(31-14-16-33(36)17-15-31)27-38-25-23-37(24-26-38)20-8-12-30-11-6-7-13-34(30)29-9-4-3-5-10-29;/h3-7,9-11,13-17,28,32,35H,8,12,18-27H2,1-2H3;1H. The van der Waals surface area contributed by atoms with Gasteiger partial charge in [0.1, 0.15) is 5.82 Å². The summed E-state index contributed by atoms with van der Waals surface area (Å²) in [5.41, 5.74) is 5.45. The summed E-state index contributed by atoms with van der Waals surface area (Å²) >= 11 is 0.